The second-order valence-corrected chi connectivity index (χ2v) is 4.49. The van der Waals surface area contributed by atoms with Crippen molar-refractivity contribution in [2.24, 2.45) is 0 Å². The quantitative estimate of drug-likeness (QED) is 0.868. The maximum atomic E-state index is 11.7. The van der Waals surface area contributed by atoms with Crippen molar-refractivity contribution in [2.75, 3.05) is 5.32 Å². The Balaban J connectivity index is 2.09. The molecule has 0 atom stereocenters. The molecule has 1 aromatic carbocycles. The molecule has 0 aliphatic rings. The number of hydrogen-bond donors (Lipinski definition) is 1. The lowest BCUT2D eigenvalue weighted by Gasteiger charge is -2.02. The molecule has 0 saturated heterocycles. The number of carbonyl (C=O) groups is 1. The van der Waals surface area contributed by atoms with E-state index in [4.69, 9.17) is 23.2 Å². The first-order chi connectivity index (χ1) is 9.16. The Kier molecular flexibility index (Phi) is 4.55. The number of benzene rings is 1. The summed E-state index contributed by atoms with van der Waals surface area (Å²) in [6, 6.07) is 10.4. The molecule has 1 aromatic heterocycles. The highest BCUT2D eigenvalue weighted by Crippen LogP contribution is 2.25. The highest BCUT2D eigenvalue weighted by molar-refractivity contribution is 6.37. The average molecular weight is 293 g/mol. The van der Waals surface area contributed by atoms with Crippen LogP contribution in [-0.2, 0) is 4.79 Å². The van der Waals surface area contributed by atoms with Crippen molar-refractivity contribution >= 4 is 41.0 Å². The Morgan fingerprint density at radius 2 is 1.84 bits per heavy atom. The van der Waals surface area contributed by atoms with E-state index in [1.807, 2.05) is 0 Å². The molecule has 5 heteroatoms. The van der Waals surface area contributed by atoms with Crippen LogP contribution in [0.4, 0.5) is 5.82 Å². The molecule has 0 aliphatic heterocycles. The number of carbonyl (C=O) groups excluding carboxylic acids is 1. The van der Waals surface area contributed by atoms with Gasteiger partial charge in [-0.05, 0) is 30.3 Å². The van der Waals surface area contributed by atoms with Gasteiger partial charge in [0.2, 0.25) is 5.91 Å². The molecule has 0 bridgehead atoms. The summed E-state index contributed by atoms with van der Waals surface area (Å²) in [5, 5.41) is 3.62. The molecular formula is C14H10Cl2N2O. The maximum Gasteiger partial charge on any atom is 0.249 e. The average Bonchev–Trinajstić information content (AvgIpc) is 2.39. The van der Waals surface area contributed by atoms with E-state index in [-0.39, 0.29) is 5.91 Å². The topological polar surface area (TPSA) is 42.0 Å². The molecule has 1 N–H and O–H groups in total. The van der Waals surface area contributed by atoms with Gasteiger partial charge in [0.25, 0.3) is 0 Å². The summed E-state index contributed by atoms with van der Waals surface area (Å²) >= 11 is 12.0. The van der Waals surface area contributed by atoms with E-state index in [1.54, 1.807) is 48.7 Å². The Morgan fingerprint density at radius 3 is 2.47 bits per heavy atom. The van der Waals surface area contributed by atoms with Gasteiger partial charge in [-0.25, -0.2) is 4.98 Å². The lowest BCUT2D eigenvalue weighted by Crippen LogP contribution is -2.08. The van der Waals surface area contributed by atoms with Gasteiger partial charge < -0.3 is 5.32 Å². The minimum atomic E-state index is -0.297. The molecule has 0 radical (unpaired) electrons. The molecule has 2 rings (SSSR count). The van der Waals surface area contributed by atoms with Crippen molar-refractivity contribution in [3.63, 3.8) is 0 Å². The third-order valence-electron chi connectivity index (χ3n) is 2.32. The van der Waals surface area contributed by atoms with E-state index in [2.05, 4.69) is 10.3 Å². The number of anilines is 1. The van der Waals surface area contributed by atoms with Crippen molar-refractivity contribution in [1.29, 1.82) is 0 Å². The number of hydrogen-bond acceptors (Lipinski definition) is 2. The monoisotopic (exact) mass is 292 g/mol. The Bertz CT molecular complexity index is 592. The number of nitrogens with zero attached hydrogens (tertiary/aromatic N) is 1. The summed E-state index contributed by atoms with van der Waals surface area (Å²) in [5.74, 6) is 0.192. The molecule has 0 unspecified atom stereocenters. The summed E-state index contributed by atoms with van der Waals surface area (Å²) in [6.45, 7) is 0. The number of nitrogens with one attached hydrogen (secondary N) is 1. The van der Waals surface area contributed by atoms with Gasteiger partial charge in [0.1, 0.15) is 5.82 Å². The van der Waals surface area contributed by atoms with Gasteiger partial charge in [-0.2, -0.15) is 0 Å². The molecule has 96 valence electrons. The molecule has 0 spiro atoms. The first-order valence-electron chi connectivity index (χ1n) is 5.51. The molecule has 0 saturated carbocycles. The van der Waals surface area contributed by atoms with Crippen LogP contribution in [-0.4, -0.2) is 10.9 Å². The van der Waals surface area contributed by atoms with Gasteiger partial charge in [0.05, 0.1) is 0 Å². The first kappa shape index (κ1) is 13.6. The van der Waals surface area contributed by atoms with Crippen LogP contribution in [0.3, 0.4) is 0 Å². The van der Waals surface area contributed by atoms with Gasteiger partial charge in [-0.1, -0.05) is 35.3 Å². The fraction of sp³-hybridized carbons (Fsp3) is 0. The smallest absolute Gasteiger partial charge is 0.249 e. The van der Waals surface area contributed by atoms with E-state index in [9.17, 15) is 4.79 Å². The third kappa shape index (κ3) is 3.81. The number of aromatic nitrogens is 1. The maximum absolute atomic E-state index is 11.7. The van der Waals surface area contributed by atoms with Crippen LogP contribution in [0, 0.1) is 0 Å². The first-order valence-corrected chi connectivity index (χ1v) is 6.26. The summed E-state index contributed by atoms with van der Waals surface area (Å²) in [6.07, 6.45) is 4.54. The molecule has 0 aliphatic carbocycles. The predicted molar refractivity (Wildman–Crippen MR) is 78.4 cm³/mol. The predicted octanol–water partition coefficient (Wildman–Crippen LogP) is 4.04. The molecule has 1 heterocycles. The summed E-state index contributed by atoms with van der Waals surface area (Å²) in [4.78, 5) is 15.7. The SMILES string of the molecule is O=C(C=Cc1c(Cl)cccc1Cl)Nc1ccccn1. The highest BCUT2D eigenvalue weighted by atomic mass is 35.5. The number of amides is 1. The Hall–Kier alpha value is -1.84. The number of halogens is 2. The van der Waals surface area contributed by atoms with Gasteiger partial charge >= 0.3 is 0 Å². The van der Waals surface area contributed by atoms with Crippen LogP contribution >= 0.6 is 23.2 Å². The van der Waals surface area contributed by atoms with Gasteiger partial charge in [0, 0.05) is 27.9 Å². The fourth-order valence-corrected chi connectivity index (χ4v) is 1.96. The van der Waals surface area contributed by atoms with Crippen molar-refractivity contribution < 1.29 is 4.79 Å². The number of pyridine rings is 1. The lowest BCUT2D eigenvalue weighted by atomic mass is 10.2. The van der Waals surface area contributed by atoms with Crippen LogP contribution in [0.1, 0.15) is 5.56 Å². The molecule has 2 aromatic rings. The number of rotatable bonds is 3. The van der Waals surface area contributed by atoms with E-state index in [0.717, 1.165) is 0 Å². The van der Waals surface area contributed by atoms with Crippen LogP contribution < -0.4 is 5.32 Å². The van der Waals surface area contributed by atoms with Crippen molar-refractivity contribution in [2.45, 2.75) is 0 Å². The zero-order chi connectivity index (χ0) is 13.7. The standard InChI is InChI=1S/C14H10Cl2N2O/c15-11-4-3-5-12(16)10(11)7-8-14(19)18-13-6-1-2-9-17-13/h1-9H,(H,17,18,19). The summed E-state index contributed by atoms with van der Waals surface area (Å²) < 4.78 is 0. The van der Waals surface area contributed by atoms with E-state index >= 15 is 0 Å². The highest BCUT2D eigenvalue weighted by Gasteiger charge is 2.03. The van der Waals surface area contributed by atoms with E-state index in [1.165, 1.54) is 6.08 Å². The minimum absolute atomic E-state index is 0.297. The Labute approximate surface area is 120 Å². The molecule has 19 heavy (non-hydrogen) atoms. The van der Waals surface area contributed by atoms with E-state index < -0.39 is 0 Å². The van der Waals surface area contributed by atoms with Crippen molar-refractivity contribution in [3.05, 3.63) is 64.3 Å². The zero-order valence-corrected chi connectivity index (χ0v) is 11.3. The summed E-state index contributed by atoms with van der Waals surface area (Å²) in [7, 11) is 0. The Morgan fingerprint density at radius 1 is 1.11 bits per heavy atom. The van der Waals surface area contributed by atoms with Crippen LogP contribution in [0.2, 0.25) is 10.0 Å². The van der Waals surface area contributed by atoms with Crippen LogP contribution in [0.5, 0.6) is 0 Å². The van der Waals surface area contributed by atoms with Crippen molar-refractivity contribution in [1.82, 2.24) is 4.98 Å². The minimum Gasteiger partial charge on any atom is -0.307 e. The zero-order valence-electron chi connectivity index (χ0n) is 9.81. The fourth-order valence-electron chi connectivity index (χ4n) is 1.43. The molecule has 3 nitrogen and oxygen atoms in total. The summed E-state index contributed by atoms with van der Waals surface area (Å²) in [5.41, 5.74) is 0.613. The largest absolute Gasteiger partial charge is 0.307 e. The lowest BCUT2D eigenvalue weighted by molar-refractivity contribution is -0.111. The normalized spacial score (nSPS) is 10.6. The molecule has 1 amide bonds. The second kappa shape index (κ2) is 6.36. The van der Waals surface area contributed by atoms with E-state index in [0.29, 0.717) is 21.4 Å². The molecular weight excluding hydrogens is 283 g/mol. The second-order valence-electron chi connectivity index (χ2n) is 3.67. The van der Waals surface area contributed by atoms with Crippen molar-refractivity contribution in [3.8, 4) is 0 Å². The van der Waals surface area contributed by atoms with Gasteiger partial charge in [-0.3, -0.25) is 4.79 Å². The third-order valence-corrected chi connectivity index (χ3v) is 2.98. The van der Waals surface area contributed by atoms with Gasteiger partial charge in [-0.15, -0.1) is 0 Å². The molecule has 0 fully saturated rings. The van der Waals surface area contributed by atoms with Gasteiger partial charge in [0.15, 0.2) is 0 Å². The van der Waals surface area contributed by atoms with Crippen LogP contribution in [0.15, 0.2) is 48.7 Å². The van der Waals surface area contributed by atoms with Crippen LogP contribution in [0.25, 0.3) is 6.08 Å².